The van der Waals surface area contributed by atoms with E-state index >= 15 is 0 Å². The van der Waals surface area contributed by atoms with Gasteiger partial charge in [-0.3, -0.25) is 15.0 Å². The van der Waals surface area contributed by atoms with Gasteiger partial charge in [0.1, 0.15) is 17.9 Å². The van der Waals surface area contributed by atoms with Gasteiger partial charge in [0.2, 0.25) is 11.8 Å². The third-order valence-corrected chi connectivity index (χ3v) is 7.87. The maximum atomic E-state index is 13.8. The van der Waals surface area contributed by atoms with Crippen LogP contribution in [0.1, 0.15) is 29.5 Å². The van der Waals surface area contributed by atoms with Crippen LogP contribution >= 0.6 is 11.3 Å². The number of benzene rings is 2. The molecule has 0 bridgehead atoms. The van der Waals surface area contributed by atoms with Crippen molar-refractivity contribution in [3.05, 3.63) is 82.7 Å². The van der Waals surface area contributed by atoms with Gasteiger partial charge in [0, 0.05) is 25.1 Å². The van der Waals surface area contributed by atoms with Crippen LogP contribution in [0.15, 0.2) is 70.9 Å². The molecule has 3 aromatic rings. The molecular formula is C26H29N5O4S2. The number of nitrogens with one attached hydrogen (secondary N) is 3. The summed E-state index contributed by atoms with van der Waals surface area (Å²) in [6.07, 6.45) is 1.47. The number of nitrogen functional groups attached to an aromatic ring is 1. The van der Waals surface area contributed by atoms with E-state index in [0.717, 1.165) is 10.6 Å². The van der Waals surface area contributed by atoms with Crippen molar-refractivity contribution < 1.29 is 18.4 Å². The van der Waals surface area contributed by atoms with Crippen molar-refractivity contribution in [1.82, 2.24) is 10.2 Å². The summed E-state index contributed by atoms with van der Waals surface area (Å²) in [6, 6.07) is 16.3. The van der Waals surface area contributed by atoms with E-state index in [1.807, 2.05) is 17.5 Å². The number of hydrogen-bond acceptors (Lipinski definition) is 6. The summed E-state index contributed by atoms with van der Waals surface area (Å²) in [4.78, 5) is 28.7. The number of hydrogen-bond donors (Lipinski definition) is 5. The number of amides is 2. The standard InChI is InChI=1S/C26H29N5O4S2/c27-24(28)18-11-9-17(10-12-18)16-29-25(32)21-6-3-13-31(21)26(33)20(30-23-8-4-14-36-23)15-19-5-1-2-7-22(19)37(34)35/h1-2,4-5,7-12,14,20-21,30H,3,6,13,15-16H2,(H3,27,28)(H,29,32)(H,34,35)/t20-,21+/m1/s1. The Morgan fingerprint density at radius 3 is 2.59 bits per heavy atom. The largest absolute Gasteiger partial charge is 0.384 e. The van der Waals surface area contributed by atoms with Crippen LogP contribution in [0.3, 0.4) is 0 Å². The molecule has 9 nitrogen and oxygen atoms in total. The summed E-state index contributed by atoms with van der Waals surface area (Å²) in [5, 5.41) is 16.4. The van der Waals surface area contributed by atoms with Gasteiger partial charge in [-0.2, -0.15) is 0 Å². The number of anilines is 1. The minimum absolute atomic E-state index is 0.0192. The first-order valence-corrected chi connectivity index (χ1v) is 13.8. The highest BCUT2D eigenvalue weighted by Crippen LogP contribution is 2.24. The fourth-order valence-corrected chi connectivity index (χ4v) is 5.65. The highest BCUT2D eigenvalue weighted by molar-refractivity contribution is 7.79. The van der Waals surface area contributed by atoms with Gasteiger partial charge in [0.15, 0.2) is 11.1 Å². The molecule has 11 heteroatoms. The van der Waals surface area contributed by atoms with Crippen molar-refractivity contribution in [1.29, 1.82) is 5.41 Å². The predicted molar refractivity (Wildman–Crippen MR) is 145 cm³/mol. The minimum atomic E-state index is -2.18. The van der Waals surface area contributed by atoms with Crippen LogP contribution in [0.25, 0.3) is 0 Å². The van der Waals surface area contributed by atoms with Crippen molar-refractivity contribution in [3.63, 3.8) is 0 Å². The summed E-state index contributed by atoms with van der Waals surface area (Å²) < 4.78 is 21.6. The van der Waals surface area contributed by atoms with Gasteiger partial charge in [0.25, 0.3) is 0 Å². The van der Waals surface area contributed by atoms with Crippen molar-refractivity contribution >= 4 is 45.1 Å². The Morgan fingerprint density at radius 2 is 1.92 bits per heavy atom. The minimum Gasteiger partial charge on any atom is -0.384 e. The average molecular weight is 540 g/mol. The lowest BCUT2D eigenvalue weighted by atomic mass is 10.0. The van der Waals surface area contributed by atoms with E-state index in [1.165, 1.54) is 11.3 Å². The normalized spacial score (nSPS) is 16.7. The van der Waals surface area contributed by atoms with E-state index in [0.29, 0.717) is 37.1 Å². The number of amidine groups is 1. The first kappa shape index (κ1) is 26.5. The molecule has 0 radical (unpaired) electrons. The van der Waals surface area contributed by atoms with E-state index in [1.54, 1.807) is 53.4 Å². The van der Waals surface area contributed by atoms with Gasteiger partial charge in [-0.05, 0) is 47.5 Å². The zero-order chi connectivity index (χ0) is 26.4. The third-order valence-electron chi connectivity index (χ3n) is 6.29. The van der Waals surface area contributed by atoms with Crippen molar-refractivity contribution in [2.75, 3.05) is 11.9 Å². The van der Waals surface area contributed by atoms with Gasteiger partial charge in [-0.15, -0.1) is 11.3 Å². The quantitative estimate of drug-likeness (QED) is 0.152. The molecule has 1 unspecified atom stereocenters. The first-order valence-electron chi connectivity index (χ1n) is 11.8. The monoisotopic (exact) mass is 539 g/mol. The number of carbonyl (C=O) groups excluding carboxylic acids is 2. The lowest BCUT2D eigenvalue weighted by Gasteiger charge is -2.29. The topological polar surface area (TPSA) is 149 Å². The summed E-state index contributed by atoms with van der Waals surface area (Å²) in [6.45, 7) is 0.753. The van der Waals surface area contributed by atoms with Crippen LogP contribution in [-0.2, 0) is 33.6 Å². The van der Waals surface area contributed by atoms with Gasteiger partial charge < -0.3 is 25.8 Å². The molecule has 4 rings (SSSR count). The Labute approximate surface area is 221 Å². The molecule has 2 amide bonds. The predicted octanol–water partition coefficient (Wildman–Crippen LogP) is 2.94. The molecule has 0 saturated carbocycles. The Kier molecular flexibility index (Phi) is 8.70. The number of likely N-dealkylation sites (tertiary alicyclic amines) is 1. The van der Waals surface area contributed by atoms with E-state index < -0.39 is 23.2 Å². The Balaban J connectivity index is 1.48. The molecule has 1 aliphatic rings. The van der Waals surface area contributed by atoms with E-state index in [4.69, 9.17) is 11.1 Å². The summed E-state index contributed by atoms with van der Waals surface area (Å²) in [5.41, 5.74) is 7.56. The molecule has 0 spiro atoms. The van der Waals surface area contributed by atoms with Crippen LogP contribution in [0.4, 0.5) is 5.00 Å². The van der Waals surface area contributed by atoms with Gasteiger partial charge in [-0.1, -0.05) is 42.5 Å². The Hall–Kier alpha value is -3.54. The van der Waals surface area contributed by atoms with Gasteiger partial charge in [0.05, 0.1) is 9.90 Å². The summed E-state index contributed by atoms with van der Waals surface area (Å²) in [5.74, 6) is -0.474. The molecule has 1 aromatic heterocycles. The lowest BCUT2D eigenvalue weighted by Crippen LogP contribution is -2.51. The van der Waals surface area contributed by atoms with Crippen molar-refractivity contribution in [2.24, 2.45) is 5.73 Å². The molecule has 6 N–H and O–H groups in total. The second kappa shape index (κ2) is 12.1. The third kappa shape index (κ3) is 6.62. The number of nitrogens with zero attached hydrogens (tertiary/aromatic N) is 1. The SMILES string of the molecule is N=C(N)c1ccc(CNC(=O)[C@@H]2CCCN2C(=O)[C@@H](Cc2ccccc2S(=O)O)Nc2cccs2)cc1. The maximum absolute atomic E-state index is 13.8. The first-order chi connectivity index (χ1) is 17.8. The molecular weight excluding hydrogens is 510 g/mol. The maximum Gasteiger partial charge on any atom is 0.246 e. The van der Waals surface area contributed by atoms with Crippen molar-refractivity contribution in [2.45, 2.75) is 42.8 Å². The van der Waals surface area contributed by atoms with Crippen LogP contribution in [-0.4, -0.2) is 49.9 Å². The molecule has 1 aliphatic heterocycles. The second-order valence-corrected chi connectivity index (χ2v) is 10.6. The van der Waals surface area contributed by atoms with Gasteiger partial charge in [-0.25, -0.2) is 4.21 Å². The van der Waals surface area contributed by atoms with Crippen molar-refractivity contribution in [3.8, 4) is 0 Å². The van der Waals surface area contributed by atoms with Crippen LogP contribution in [0, 0.1) is 5.41 Å². The van der Waals surface area contributed by atoms with Crippen LogP contribution < -0.4 is 16.4 Å². The summed E-state index contributed by atoms with van der Waals surface area (Å²) >= 11 is -0.727. The highest BCUT2D eigenvalue weighted by atomic mass is 32.2. The van der Waals surface area contributed by atoms with E-state index in [-0.39, 0.29) is 29.0 Å². The zero-order valence-electron chi connectivity index (χ0n) is 20.1. The molecule has 1 saturated heterocycles. The van der Waals surface area contributed by atoms with Crippen LogP contribution in [0.5, 0.6) is 0 Å². The number of nitrogens with two attached hydrogens (primary N) is 1. The smallest absolute Gasteiger partial charge is 0.246 e. The second-order valence-electron chi connectivity index (χ2n) is 8.75. The molecule has 2 aromatic carbocycles. The molecule has 2 heterocycles. The highest BCUT2D eigenvalue weighted by Gasteiger charge is 2.37. The fourth-order valence-electron chi connectivity index (χ4n) is 4.41. The molecule has 0 aliphatic carbocycles. The number of rotatable bonds is 10. The summed E-state index contributed by atoms with van der Waals surface area (Å²) in [7, 11) is 0. The molecule has 1 fully saturated rings. The number of thiophene rings is 1. The average Bonchev–Trinajstić information content (AvgIpc) is 3.59. The number of carbonyl (C=O) groups is 2. The molecule has 3 atom stereocenters. The van der Waals surface area contributed by atoms with Gasteiger partial charge >= 0.3 is 0 Å². The van der Waals surface area contributed by atoms with E-state index in [2.05, 4.69) is 10.6 Å². The lowest BCUT2D eigenvalue weighted by molar-refractivity contribution is -0.139. The zero-order valence-corrected chi connectivity index (χ0v) is 21.7. The Morgan fingerprint density at radius 1 is 1.16 bits per heavy atom. The molecule has 194 valence electrons. The molecule has 37 heavy (non-hydrogen) atoms. The fraction of sp³-hybridized carbons (Fsp3) is 0.269. The van der Waals surface area contributed by atoms with E-state index in [9.17, 15) is 18.4 Å². The van der Waals surface area contributed by atoms with Crippen LogP contribution in [0.2, 0.25) is 0 Å². The Bertz CT molecular complexity index is 1280.